The van der Waals surface area contributed by atoms with Gasteiger partial charge in [0.05, 0.1) is 18.1 Å². The molecule has 0 saturated heterocycles. The van der Waals surface area contributed by atoms with E-state index in [0.29, 0.717) is 28.4 Å². The van der Waals surface area contributed by atoms with Crippen molar-refractivity contribution < 1.29 is 14.3 Å². The van der Waals surface area contributed by atoms with Gasteiger partial charge >= 0.3 is 0 Å². The summed E-state index contributed by atoms with van der Waals surface area (Å²) in [5, 5.41) is 17.5. The van der Waals surface area contributed by atoms with Gasteiger partial charge in [0.15, 0.2) is 0 Å². The molecule has 2 aromatic heterocycles. The molecule has 0 fully saturated rings. The molecule has 0 bridgehead atoms. The molecule has 1 amide bonds. The van der Waals surface area contributed by atoms with Gasteiger partial charge in [-0.05, 0) is 36.4 Å². The van der Waals surface area contributed by atoms with Crippen molar-refractivity contribution >= 4 is 5.91 Å². The van der Waals surface area contributed by atoms with E-state index >= 15 is 0 Å². The largest absolute Gasteiger partial charge is 0.508 e. The van der Waals surface area contributed by atoms with Crippen molar-refractivity contribution in [2.45, 2.75) is 0 Å². The number of benzene rings is 2. The first kappa shape index (κ1) is 18.3. The molecule has 1 N–H and O–H groups in total. The fourth-order valence-electron chi connectivity index (χ4n) is 2.70. The second kappa shape index (κ2) is 7.51. The van der Waals surface area contributed by atoms with Gasteiger partial charge in [-0.3, -0.25) is 9.78 Å². The van der Waals surface area contributed by atoms with E-state index in [0.717, 1.165) is 5.56 Å². The Morgan fingerprint density at radius 1 is 0.862 bits per heavy atom. The zero-order valence-electron chi connectivity index (χ0n) is 15.8. The highest BCUT2D eigenvalue weighted by molar-refractivity contribution is 5.94. The van der Waals surface area contributed by atoms with E-state index in [1.165, 1.54) is 4.90 Å². The summed E-state index contributed by atoms with van der Waals surface area (Å²) in [6.07, 6.45) is 3.17. The van der Waals surface area contributed by atoms with Gasteiger partial charge in [0, 0.05) is 30.8 Å². The van der Waals surface area contributed by atoms with Gasteiger partial charge in [-0.1, -0.05) is 12.1 Å². The first-order valence-corrected chi connectivity index (χ1v) is 8.78. The maximum atomic E-state index is 12.0. The van der Waals surface area contributed by atoms with Crippen LogP contribution in [0.25, 0.3) is 34.3 Å². The van der Waals surface area contributed by atoms with Gasteiger partial charge < -0.3 is 14.4 Å². The molecule has 0 spiro atoms. The Labute approximate surface area is 166 Å². The Bertz CT molecular complexity index is 1150. The second-order valence-corrected chi connectivity index (χ2v) is 6.53. The SMILES string of the molecule is CN(C)C(=O)c1ccc(-c2cncc(-c3nnc(-c4ccc(O)cc4)o3)n2)cc1. The van der Waals surface area contributed by atoms with Crippen LogP contribution in [0.2, 0.25) is 0 Å². The van der Waals surface area contributed by atoms with Crippen molar-refractivity contribution in [3.8, 4) is 40.0 Å². The zero-order chi connectivity index (χ0) is 20.4. The van der Waals surface area contributed by atoms with Gasteiger partial charge in [-0.2, -0.15) is 0 Å². The van der Waals surface area contributed by atoms with E-state index in [-0.39, 0.29) is 17.5 Å². The van der Waals surface area contributed by atoms with Crippen LogP contribution in [-0.2, 0) is 0 Å². The summed E-state index contributed by atoms with van der Waals surface area (Å²) in [5.74, 6) is 0.648. The minimum atomic E-state index is -0.0657. The van der Waals surface area contributed by atoms with Gasteiger partial charge in [0.1, 0.15) is 11.4 Å². The van der Waals surface area contributed by atoms with Gasteiger partial charge in [0.25, 0.3) is 11.8 Å². The average Bonchev–Trinajstić information content (AvgIpc) is 3.24. The van der Waals surface area contributed by atoms with Gasteiger partial charge in [0.2, 0.25) is 5.89 Å². The lowest BCUT2D eigenvalue weighted by molar-refractivity contribution is 0.0827. The standard InChI is InChI=1S/C21H17N5O3/c1-26(2)21(28)15-5-3-13(4-6-15)17-11-22-12-18(23-17)20-25-24-19(29-20)14-7-9-16(27)10-8-14/h3-12,27H,1-2H3. The van der Waals surface area contributed by atoms with Crippen LogP contribution in [-0.4, -0.2) is 50.2 Å². The summed E-state index contributed by atoms with van der Waals surface area (Å²) in [7, 11) is 3.42. The van der Waals surface area contributed by atoms with E-state index in [1.807, 2.05) is 12.1 Å². The molecular weight excluding hydrogens is 370 g/mol. The minimum absolute atomic E-state index is 0.0657. The third-order valence-electron chi connectivity index (χ3n) is 4.23. The predicted octanol–water partition coefficient (Wildman–Crippen LogP) is 3.27. The topological polar surface area (TPSA) is 105 Å². The summed E-state index contributed by atoms with van der Waals surface area (Å²) in [6, 6.07) is 13.6. The van der Waals surface area contributed by atoms with Gasteiger partial charge in [-0.25, -0.2) is 4.98 Å². The highest BCUT2D eigenvalue weighted by Crippen LogP contribution is 2.25. The van der Waals surface area contributed by atoms with Crippen molar-refractivity contribution in [2.75, 3.05) is 14.1 Å². The highest BCUT2D eigenvalue weighted by Gasteiger charge is 2.14. The summed E-state index contributed by atoms with van der Waals surface area (Å²) < 4.78 is 5.71. The molecule has 4 rings (SSSR count). The molecule has 29 heavy (non-hydrogen) atoms. The fraction of sp³-hybridized carbons (Fsp3) is 0.0952. The summed E-state index contributed by atoms with van der Waals surface area (Å²) in [6.45, 7) is 0. The number of hydrogen-bond donors (Lipinski definition) is 1. The Morgan fingerprint density at radius 2 is 1.48 bits per heavy atom. The maximum Gasteiger partial charge on any atom is 0.268 e. The lowest BCUT2D eigenvalue weighted by atomic mass is 10.1. The van der Waals surface area contributed by atoms with Gasteiger partial charge in [-0.15, -0.1) is 10.2 Å². The van der Waals surface area contributed by atoms with Crippen LogP contribution in [0, 0.1) is 0 Å². The molecule has 0 aliphatic carbocycles. The highest BCUT2D eigenvalue weighted by atomic mass is 16.4. The number of phenolic OH excluding ortho intramolecular Hbond substituents is 1. The average molecular weight is 387 g/mol. The van der Waals surface area contributed by atoms with E-state index in [4.69, 9.17) is 4.42 Å². The van der Waals surface area contributed by atoms with E-state index in [2.05, 4.69) is 20.2 Å². The second-order valence-electron chi connectivity index (χ2n) is 6.53. The molecule has 8 nitrogen and oxygen atoms in total. The van der Waals surface area contributed by atoms with Crippen LogP contribution < -0.4 is 0 Å². The molecular formula is C21H17N5O3. The molecule has 2 aromatic carbocycles. The Balaban J connectivity index is 1.61. The molecule has 0 atom stereocenters. The van der Waals surface area contributed by atoms with E-state index in [1.54, 1.807) is 62.9 Å². The number of carbonyl (C=O) groups excluding carboxylic acids is 1. The molecule has 4 aromatic rings. The number of hydrogen-bond acceptors (Lipinski definition) is 7. The molecule has 0 aliphatic heterocycles. The minimum Gasteiger partial charge on any atom is -0.508 e. The van der Waals surface area contributed by atoms with Crippen LogP contribution >= 0.6 is 0 Å². The Morgan fingerprint density at radius 3 is 2.17 bits per heavy atom. The van der Waals surface area contributed by atoms with Crippen LogP contribution in [0.15, 0.2) is 65.3 Å². The van der Waals surface area contributed by atoms with Crippen LogP contribution in [0.5, 0.6) is 5.75 Å². The quantitative estimate of drug-likeness (QED) is 0.573. The summed E-state index contributed by atoms with van der Waals surface area (Å²) in [5.41, 5.74) is 3.15. The third kappa shape index (κ3) is 3.81. The molecule has 0 aliphatic rings. The van der Waals surface area contributed by atoms with E-state index < -0.39 is 0 Å². The lowest BCUT2D eigenvalue weighted by Gasteiger charge is -2.10. The van der Waals surface area contributed by atoms with E-state index in [9.17, 15) is 9.90 Å². The smallest absolute Gasteiger partial charge is 0.268 e. The van der Waals surface area contributed by atoms with Crippen molar-refractivity contribution in [3.63, 3.8) is 0 Å². The monoisotopic (exact) mass is 387 g/mol. The number of aromatic hydroxyl groups is 1. The molecule has 144 valence electrons. The Hall–Kier alpha value is -4.07. The number of aromatic nitrogens is 4. The lowest BCUT2D eigenvalue weighted by Crippen LogP contribution is -2.21. The zero-order valence-corrected chi connectivity index (χ0v) is 15.8. The Kier molecular flexibility index (Phi) is 4.74. The third-order valence-corrected chi connectivity index (χ3v) is 4.23. The van der Waals surface area contributed by atoms with Crippen LogP contribution in [0.4, 0.5) is 0 Å². The van der Waals surface area contributed by atoms with Crippen molar-refractivity contribution in [3.05, 3.63) is 66.5 Å². The fourth-order valence-corrected chi connectivity index (χ4v) is 2.70. The number of carbonyl (C=O) groups is 1. The number of phenols is 1. The normalized spacial score (nSPS) is 10.7. The number of rotatable bonds is 4. The van der Waals surface area contributed by atoms with Crippen molar-refractivity contribution in [1.82, 2.24) is 25.1 Å². The summed E-state index contributed by atoms with van der Waals surface area (Å²) in [4.78, 5) is 22.3. The molecule has 0 unspecified atom stereocenters. The predicted molar refractivity (Wildman–Crippen MR) is 106 cm³/mol. The van der Waals surface area contributed by atoms with Crippen molar-refractivity contribution in [2.24, 2.45) is 0 Å². The molecule has 2 heterocycles. The van der Waals surface area contributed by atoms with Crippen molar-refractivity contribution in [1.29, 1.82) is 0 Å². The maximum absolute atomic E-state index is 12.0. The summed E-state index contributed by atoms with van der Waals surface area (Å²) >= 11 is 0. The van der Waals surface area contributed by atoms with Crippen LogP contribution in [0.1, 0.15) is 10.4 Å². The first-order valence-electron chi connectivity index (χ1n) is 8.78. The molecule has 0 saturated carbocycles. The van der Waals surface area contributed by atoms with Crippen LogP contribution in [0.3, 0.4) is 0 Å². The molecule has 8 heteroatoms. The first-order chi connectivity index (χ1) is 14.0. The molecule has 0 radical (unpaired) electrons. The number of nitrogens with zero attached hydrogens (tertiary/aromatic N) is 5. The number of amides is 1.